The van der Waals surface area contributed by atoms with E-state index in [0.717, 1.165) is 0 Å². The summed E-state index contributed by atoms with van der Waals surface area (Å²) >= 11 is 1.88. The van der Waals surface area contributed by atoms with Gasteiger partial charge in [-0.05, 0) is 25.5 Å². The molecular weight excluding hydrogens is 128 g/mol. The van der Waals surface area contributed by atoms with Gasteiger partial charge in [-0.3, -0.25) is 0 Å². The van der Waals surface area contributed by atoms with Gasteiger partial charge in [0.25, 0.3) is 0 Å². The van der Waals surface area contributed by atoms with E-state index in [-0.39, 0.29) is 0 Å². The maximum atomic E-state index is 3.83. The summed E-state index contributed by atoms with van der Waals surface area (Å²) in [7, 11) is 0. The summed E-state index contributed by atoms with van der Waals surface area (Å²) in [4.78, 5) is 0. The standard InChI is InChI=1S/C8H15S/c1-4-9-7-5-6-8(2)3/h4H,2,5-7H2,1,3H3. The van der Waals surface area contributed by atoms with E-state index in [1.807, 2.05) is 11.8 Å². The summed E-state index contributed by atoms with van der Waals surface area (Å²) < 4.78 is 0. The second kappa shape index (κ2) is 6.21. The molecule has 0 N–H and O–H groups in total. The molecule has 1 heteroatoms. The van der Waals surface area contributed by atoms with Crippen molar-refractivity contribution in [1.29, 1.82) is 0 Å². The summed E-state index contributed by atoms with van der Waals surface area (Å²) in [5, 5.41) is 0. The van der Waals surface area contributed by atoms with Gasteiger partial charge in [0.1, 0.15) is 0 Å². The molecule has 0 saturated carbocycles. The summed E-state index contributed by atoms with van der Waals surface area (Å²) in [5.74, 6) is 3.38. The molecule has 0 aliphatic carbocycles. The Morgan fingerprint density at radius 3 is 2.78 bits per heavy atom. The largest absolute Gasteiger partial charge is 0.158 e. The summed E-state index contributed by atoms with van der Waals surface area (Å²) in [6.45, 7) is 7.99. The third-order valence-electron chi connectivity index (χ3n) is 1.03. The molecule has 0 aromatic carbocycles. The molecular formula is C8H15S. The molecule has 0 spiro atoms. The maximum Gasteiger partial charge on any atom is 0.0135 e. The molecule has 0 nitrogen and oxygen atoms in total. The van der Waals surface area contributed by atoms with Crippen LogP contribution in [0.5, 0.6) is 0 Å². The van der Waals surface area contributed by atoms with Gasteiger partial charge < -0.3 is 0 Å². The third kappa shape index (κ3) is 8.09. The van der Waals surface area contributed by atoms with Crippen LogP contribution in [0.25, 0.3) is 0 Å². The Morgan fingerprint density at radius 2 is 2.33 bits per heavy atom. The molecule has 1 radical (unpaired) electrons. The Morgan fingerprint density at radius 1 is 1.67 bits per heavy atom. The predicted octanol–water partition coefficient (Wildman–Crippen LogP) is 3.26. The van der Waals surface area contributed by atoms with Crippen molar-refractivity contribution in [1.82, 2.24) is 0 Å². The van der Waals surface area contributed by atoms with Crippen molar-refractivity contribution >= 4 is 11.8 Å². The Labute approximate surface area is 62.7 Å². The van der Waals surface area contributed by atoms with Crippen molar-refractivity contribution in [3.63, 3.8) is 0 Å². The van der Waals surface area contributed by atoms with Gasteiger partial charge in [0.2, 0.25) is 0 Å². The first-order chi connectivity index (χ1) is 4.27. The Hall–Kier alpha value is 0.0900. The monoisotopic (exact) mass is 143 g/mol. The lowest BCUT2D eigenvalue weighted by Crippen LogP contribution is -1.79. The highest BCUT2D eigenvalue weighted by Gasteiger charge is 1.87. The van der Waals surface area contributed by atoms with Gasteiger partial charge in [0, 0.05) is 5.75 Å². The van der Waals surface area contributed by atoms with Gasteiger partial charge in [0.05, 0.1) is 0 Å². The van der Waals surface area contributed by atoms with Gasteiger partial charge in [-0.2, -0.15) is 11.8 Å². The first-order valence-electron chi connectivity index (χ1n) is 3.31. The highest BCUT2D eigenvalue weighted by atomic mass is 32.2. The number of thioether (sulfide) groups is 1. The van der Waals surface area contributed by atoms with Crippen molar-refractivity contribution in [3.05, 3.63) is 17.9 Å². The first-order valence-corrected chi connectivity index (χ1v) is 4.36. The Kier molecular flexibility index (Phi) is 6.28. The van der Waals surface area contributed by atoms with Crippen LogP contribution in [-0.4, -0.2) is 5.75 Å². The SMILES string of the molecule is C=C(C)CCCS[CH]C. The van der Waals surface area contributed by atoms with Crippen LogP contribution in [-0.2, 0) is 0 Å². The third-order valence-corrected chi connectivity index (χ3v) is 1.89. The van der Waals surface area contributed by atoms with E-state index < -0.39 is 0 Å². The molecule has 0 amide bonds. The molecule has 0 saturated heterocycles. The topological polar surface area (TPSA) is 0 Å². The van der Waals surface area contributed by atoms with Crippen molar-refractivity contribution in [2.45, 2.75) is 26.7 Å². The minimum Gasteiger partial charge on any atom is -0.158 e. The van der Waals surface area contributed by atoms with Gasteiger partial charge in [-0.25, -0.2) is 0 Å². The van der Waals surface area contributed by atoms with Crippen molar-refractivity contribution in [2.75, 3.05) is 5.75 Å². The highest BCUT2D eigenvalue weighted by Crippen LogP contribution is 2.09. The van der Waals surface area contributed by atoms with Crippen LogP contribution in [0, 0.1) is 5.75 Å². The van der Waals surface area contributed by atoms with Crippen LogP contribution < -0.4 is 0 Å². The maximum absolute atomic E-state index is 3.83. The number of hydrogen-bond donors (Lipinski definition) is 0. The van der Waals surface area contributed by atoms with Crippen LogP contribution in [0.1, 0.15) is 26.7 Å². The Balaban J connectivity index is 2.83. The van der Waals surface area contributed by atoms with E-state index in [9.17, 15) is 0 Å². The fraction of sp³-hybridized carbons (Fsp3) is 0.625. The van der Waals surface area contributed by atoms with Crippen LogP contribution in [0.4, 0.5) is 0 Å². The molecule has 0 aliphatic heterocycles. The molecule has 9 heavy (non-hydrogen) atoms. The van der Waals surface area contributed by atoms with Crippen LogP contribution in [0.3, 0.4) is 0 Å². The van der Waals surface area contributed by atoms with E-state index in [1.54, 1.807) is 0 Å². The van der Waals surface area contributed by atoms with E-state index >= 15 is 0 Å². The van der Waals surface area contributed by atoms with Crippen molar-refractivity contribution < 1.29 is 0 Å². The molecule has 0 aliphatic rings. The normalized spacial score (nSPS) is 9.56. The van der Waals surface area contributed by atoms with Crippen LogP contribution in [0.15, 0.2) is 12.2 Å². The van der Waals surface area contributed by atoms with Gasteiger partial charge in [0.15, 0.2) is 0 Å². The lowest BCUT2D eigenvalue weighted by molar-refractivity contribution is 0.921. The highest BCUT2D eigenvalue weighted by molar-refractivity contribution is 8.01. The minimum absolute atomic E-state index is 1.18. The quantitative estimate of drug-likeness (QED) is 0.420. The number of hydrogen-bond acceptors (Lipinski definition) is 1. The number of allylic oxidation sites excluding steroid dienone is 1. The average molecular weight is 143 g/mol. The van der Waals surface area contributed by atoms with E-state index in [2.05, 4.69) is 26.2 Å². The zero-order valence-corrected chi connectivity index (χ0v) is 7.13. The smallest absolute Gasteiger partial charge is 0.0135 e. The predicted molar refractivity (Wildman–Crippen MR) is 46.5 cm³/mol. The molecule has 0 aromatic rings. The van der Waals surface area contributed by atoms with E-state index in [4.69, 9.17) is 0 Å². The second-order valence-electron chi connectivity index (χ2n) is 2.17. The molecule has 0 rings (SSSR count). The molecule has 0 bridgehead atoms. The summed E-state index contributed by atoms with van der Waals surface area (Å²) in [6, 6.07) is 0. The molecule has 0 unspecified atom stereocenters. The van der Waals surface area contributed by atoms with E-state index in [1.165, 1.54) is 24.2 Å². The zero-order chi connectivity index (χ0) is 7.11. The Bertz CT molecular complexity index is 76.6. The van der Waals surface area contributed by atoms with Crippen LogP contribution in [0.2, 0.25) is 0 Å². The number of rotatable bonds is 5. The molecule has 0 aromatic heterocycles. The minimum atomic E-state index is 1.18. The average Bonchev–Trinajstić information content (AvgIpc) is 1.80. The van der Waals surface area contributed by atoms with Gasteiger partial charge in [-0.15, -0.1) is 6.58 Å². The van der Waals surface area contributed by atoms with Crippen molar-refractivity contribution in [2.24, 2.45) is 0 Å². The van der Waals surface area contributed by atoms with Crippen LogP contribution >= 0.6 is 11.8 Å². The summed E-state index contributed by atoms with van der Waals surface area (Å²) in [5.41, 5.74) is 1.30. The first kappa shape index (κ1) is 9.09. The lowest BCUT2D eigenvalue weighted by atomic mass is 10.2. The van der Waals surface area contributed by atoms with Gasteiger partial charge >= 0.3 is 0 Å². The van der Waals surface area contributed by atoms with Crippen molar-refractivity contribution in [3.8, 4) is 0 Å². The fourth-order valence-electron chi connectivity index (χ4n) is 0.575. The molecule has 0 heterocycles. The van der Waals surface area contributed by atoms with E-state index in [0.29, 0.717) is 0 Å². The summed E-state index contributed by atoms with van der Waals surface area (Å²) in [6.07, 6.45) is 2.45. The van der Waals surface area contributed by atoms with Gasteiger partial charge in [-0.1, -0.05) is 12.5 Å². The molecule has 53 valence electrons. The lowest BCUT2D eigenvalue weighted by Gasteiger charge is -1.96. The molecule has 0 atom stereocenters. The fourth-order valence-corrected chi connectivity index (χ4v) is 1.12. The second-order valence-corrected chi connectivity index (χ2v) is 3.38. The molecule has 0 fully saturated rings. The zero-order valence-electron chi connectivity index (χ0n) is 6.31.